The number of rotatable bonds is 4. The van der Waals surface area contributed by atoms with E-state index < -0.39 is 0 Å². The third-order valence-electron chi connectivity index (χ3n) is 4.94. The molecule has 3 fully saturated rings. The second kappa shape index (κ2) is 6.91. The van der Waals surface area contributed by atoms with Gasteiger partial charge < -0.3 is 15.4 Å². The first-order chi connectivity index (χ1) is 8.83. The second-order valence-electron chi connectivity index (χ2n) is 6.10. The van der Waals surface area contributed by atoms with Gasteiger partial charge in [0.05, 0.1) is 13.2 Å². The van der Waals surface area contributed by atoms with E-state index in [1.165, 1.54) is 32.1 Å². The summed E-state index contributed by atoms with van der Waals surface area (Å²) in [5, 5.41) is 6.24. The predicted molar refractivity (Wildman–Crippen MR) is 76.4 cm³/mol. The van der Waals surface area contributed by atoms with Crippen LogP contribution in [0, 0.1) is 17.8 Å². The SMILES string of the molecule is Cl.O=C(NCCC1CC2CCC1C2)C1COCCN1. The molecular formula is C14H25ClN2O2. The Morgan fingerprint density at radius 3 is 2.84 bits per heavy atom. The monoisotopic (exact) mass is 288 g/mol. The molecule has 0 aromatic rings. The lowest BCUT2D eigenvalue weighted by molar-refractivity contribution is -0.125. The summed E-state index contributed by atoms with van der Waals surface area (Å²) >= 11 is 0. The fraction of sp³-hybridized carbons (Fsp3) is 0.929. The van der Waals surface area contributed by atoms with Crippen LogP contribution in [0.2, 0.25) is 0 Å². The number of ether oxygens (including phenoxy) is 1. The summed E-state index contributed by atoms with van der Waals surface area (Å²) in [5.41, 5.74) is 0. The standard InChI is InChI=1S/C14H24N2O2.ClH/c17-14(13-9-18-6-5-15-13)16-4-3-12-8-10-1-2-11(12)7-10;/h10-13,15H,1-9H2,(H,16,17);1H. The highest BCUT2D eigenvalue weighted by atomic mass is 35.5. The van der Waals surface area contributed by atoms with Crippen LogP contribution in [0.5, 0.6) is 0 Å². The van der Waals surface area contributed by atoms with Crippen LogP contribution in [0.3, 0.4) is 0 Å². The lowest BCUT2D eigenvalue weighted by Gasteiger charge is -2.24. The Morgan fingerprint density at radius 1 is 1.32 bits per heavy atom. The van der Waals surface area contributed by atoms with Crippen molar-refractivity contribution in [3.05, 3.63) is 0 Å². The van der Waals surface area contributed by atoms with Gasteiger partial charge in [0.2, 0.25) is 5.91 Å². The maximum absolute atomic E-state index is 11.9. The molecule has 0 aromatic heterocycles. The molecule has 4 atom stereocenters. The molecule has 0 aromatic carbocycles. The Labute approximate surface area is 121 Å². The molecule has 0 radical (unpaired) electrons. The molecule has 2 N–H and O–H groups in total. The molecule has 1 saturated heterocycles. The van der Waals surface area contributed by atoms with Gasteiger partial charge >= 0.3 is 0 Å². The number of amides is 1. The van der Waals surface area contributed by atoms with E-state index in [0.29, 0.717) is 6.61 Å². The first kappa shape index (κ1) is 15.1. The van der Waals surface area contributed by atoms with Gasteiger partial charge in [0.15, 0.2) is 0 Å². The summed E-state index contributed by atoms with van der Waals surface area (Å²) in [6, 6.07) is -0.140. The normalized spacial score (nSPS) is 36.8. The minimum Gasteiger partial charge on any atom is -0.378 e. The Kier molecular flexibility index (Phi) is 5.48. The van der Waals surface area contributed by atoms with Gasteiger partial charge in [-0.25, -0.2) is 0 Å². The maximum Gasteiger partial charge on any atom is 0.239 e. The Balaban J connectivity index is 0.00000133. The van der Waals surface area contributed by atoms with E-state index in [1.54, 1.807) is 0 Å². The zero-order chi connectivity index (χ0) is 12.4. The largest absolute Gasteiger partial charge is 0.378 e. The van der Waals surface area contributed by atoms with Gasteiger partial charge in [0, 0.05) is 13.1 Å². The highest BCUT2D eigenvalue weighted by Gasteiger charge is 2.38. The molecule has 2 saturated carbocycles. The molecule has 1 heterocycles. The first-order valence-electron chi connectivity index (χ1n) is 7.42. The van der Waals surface area contributed by atoms with Gasteiger partial charge in [-0.15, -0.1) is 12.4 Å². The summed E-state index contributed by atoms with van der Waals surface area (Å²) in [6.45, 7) is 2.85. The summed E-state index contributed by atoms with van der Waals surface area (Å²) in [4.78, 5) is 11.9. The van der Waals surface area contributed by atoms with Crippen molar-refractivity contribution in [2.75, 3.05) is 26.3 Å². The van der Waals surface area contributed by atoms with Crippen molar-refractivity contribution in [3.8, 4) is 0 Å². The Hall–Kier alpha value is -0.320. The van der Waals surface area contributed by atoms with Gasteiger partial charge in [-0.05, 0) is 43.4 Å². The van der Waals surface area contributed by atoms with Gasteiger partial charge in [0.1, 0.15) is 6.04 Å². The van der Waals surface area contributed by atoms with Crippen molar-refractivity contribution in [2.24, 2.45) is 17.8 Å². The molecule has 3 aliphatic rings. The average Bonchev–Trinajstić information content (AvgIpc) is 3.02. The van der Waals surface area contributed by atoms with Crippen molar-refractivity contribution in [2.45, 2.75) is 38.1 Å². The molecule has 2 aliphatic carbocycles. The Bertz CT molecular complexity index is 308. The molecule has 3 rings (SSSR count). The molecule has 0 spiro atoms. The predicted octanol–water partition coefficient (Wildman–Crippen LogP) is 1.34. The minimum absolute atomic E-state index is 0. The van der Waals surface area contributed by atoms with Crippen LogP contribution in [0.25, 0.3) is 0 Å². The second-order valence-corrected chi connectivity index (χ2v) is 6.10. The number of halogens is 1. The van der Waals surface area contributed by atoms with Gasteiger partial charge in [-0.1, -0.05) is 6.42 Å². The van der Waals surface area contributed by atoms with E-state index in [4.69, 9.17) is 4.74 Å². The average molecular weight is 289 g/mol. The highest BCUT2D eigenvalue weighted by Crippen LogP contribution is 2.49. The third kappa shape index (κ3) is 3.61. The number of hydrogen-bond donors (Lipinski definition) is 2. The van der Waals surface area contributed by atoms with E-state index >= 15 is 0 Å². The number of carbonyl (C=O) groups is 1. The lowest BCUT2D eigenvalue weighted by atomic mass is 9.86. The highest BCUT2D eigenvalue weighted by molar-refractivity contribution is 5.85. The van der Waals surface area contributed by atoms with Crippen LogP contribution in [-0.2, 0) is 9.53 Å². The van der Waals surface area contributed by atoms with Gasteiger partial charge in [0.25, 0.3) is 0 Å². The summed E-state index contributed by atoms with van der Waals surface area (Å²) in [5.74, 6) is 2.95. The quantitative estimate of drug-likeness (QED) is 0.821. The molecular weight excluding hydrogens is 264 g/mol. The zero-order valence-electron chi connectivity index (χ0n) is 11.4. The van der Waals surface area contributed by atoms with Crippen LogP contribution >= 0.6 is 12.4 Å². The number of nitrogens with one attached hydrogen (secondary N) is 2. The lowest BCUT2D eigenvalue weighted by Crippen LogP contribution is -2.51. The van der Waals surface area contributed by atoms with E-state index in [0.717, 1.165) is 37.5 Å². The minimum atomic E-state index is -0.140. The van der Waals surface area contributed by atoms with Crippen molar-refractivity contribution in [1.29, 1.82) is 0 Å². The summed E-state index contributed by atoms with van der Waals surface area (Å²) in [6.07, 6.45) is 6.92. The van der Waals surface area contributed by atoms with Crippen molar-refractivity contribution in [3.63, 3.8) is 0 Å². The van der Waals surface area contributed by atoms with Crippen LogP contribution in [0.15, 0.2) is 0 Å². The molecule has 110 valence electrons. The van der Waals surface area contributed by atoms with E-state index in [1.807, 2.05) is 0 Å². The van der Waals surface area contributed by atoms with Crippen molar-refractivity contribution in [1.82, 2.24) is 10.6 Å². The summed E-state index contributed by atoms with van der Waals surface area (Å²) in [7, 11) is 0. The first-order valence-corrected chi connectivity index (χ1v) is 7.42. The molecule has 5 heteroatoms. The number of carbonyl (C=O) groups excluding carboxylic acids is 1. The Morgan fingerprint density at radius 2 is 2.21 bits per heavy atom. The van der Waals surface area contributed by atoms with E-state index in [2.05, 4.69) is 10.6 Å². The van der Waals surface area contributed by atoms with Crippen LogP contribution in [-0.4, -0.2) is 38.3 Å². The van der Waals surface area contributed by atoms with E-state index in [-0.39, 0.29) is 24.4 Å². The van der Waals surface area contributed by atoms with Gasteiger partial charge in [-0.3, -0.25) is 4.79 Å². The zero-order valence-corrected chi connectivity index (χ0v) is 12.2. The molecule has 19 heavy (non-hydrogen) atoms. The fourth-order valence-corrected chi connectivity index (χ4v) is 3.97. The molecule has 2 bridgehead atoms. The summed E-state index contributed by atoms with van der Waals surface area (Å²) < 4.78 is 5.30. The van der Waals surface area contributed by atoms with Crippen LogP contribution in [0.1, 0.15) is 32.1 Å². The molecule has 4 unspecified atom stereocenters. The number of fused-ring (bicyclic) bond motifs is 2. The fourth-order valence-electron chi connectivity index (χ4n) is 3.97. The van der Waals surface area contributed by atoms with Crippen LogP contribution < -0.4 is 10.6 Å². The molecule has 4 nitrogen and oxygen atoms in total. The maximum atomic E-state index is 11.9. The smallest absolute Gasteiger partial charge is 0.239 e. The third-order valence-corrected chi connectivity index (χ3v) is 4.94. The molecule has 1 aliphatic heterocycles. The van der Waals surface area contributed by atoms with Gasteiger partial charge in [-0.2, -0.15) is 0 Å². The topological polar surface area (TPSA) is 50.4 Å². The number of morpholine rings is 1. The van der Waals surface area contributed by atoms with Crippen molar-refractivity contribution < 1.29 is 9.53 Å². The number of hydrogen-bond acceptors (Lipinski definition) is 3. The van der Waals surface area contributed by atoms with E-state index in [9.17, 15) is 4.79 Å². The molecule has 1 amide bonds. The van der Waals surface area contributed by atoms with Crippen LogP contribution in [0.4, 0.5) is 0 Å². The van der Waals surface area contributed by atoms with Crippen molar-refractivity contribution >= 4 is 18.3 Å².